The largest absolute Gasteiger partial charge is 0.495 e. The molecule has 180 valence electrons. The first-order valence-electron chi connectivity index (χ1n) is 10.1. The van der Waals surface area contributed by atoms with Gasteiger partial charge in [0.25, 0.3) is 15.9 Å². The van der Waals surface area contributed by atoms with Crippen molar-refractivity contribution in [1.82, 2.24) is 0 Å². The molecular formula is C24H26N2O7S. The van der Waals surface area contributed by atoms with E-state index in [1.165, 1.54) is 40.6 Å². The molecule has 10 heteroatoms. The Morgan fingerprint density at radius 1 is 0.794 bits per heavy atom. The van der Waals surface area contributed by atoms with Gasteiger partial charge < -0.3 is 24.3 Å². The quantitative estimate of drug-likeness (QED) is 0.469. The summed E-state index contributed by atoms with van der Waals surface area (Å²) in [5.74, 6) is 0.737. The van der Waals surface area contributed by atoms with Crippen molar-refractivity contribution >= 4 is 27.3 Å². The van der Waals surface area contributed by atoms with Gasteiger partial charge in [-0.1, -0.05) is 18.2 Å². The first-order chi connectivity index (χ1) is 16.2. The molecule has 0 aliphatic heterocycles. The SMILES string of the molecule is COc1ccccc1NS(=O)(=O)c1cc(NC(=O)c2ccc(OC)c(OC)c2OC)ccc1C. The van der Waals surface area contributed by atoms with Crippen molar-refractivity contribution in [2.24, 2.45) is 0 Å². The molecular weight excluding hydrogens is 460 g/mol. The van der Waals surface area contributed by atoms with E-state index in [-0.39, 0.29) is 27.6 Å². The number of methoxy groups -OCH3 is 4. The molecule has 0 heterocycles. The number of hydrogen-bond acceptors (Lipinski definition) is 7. The zero-order chi connectivity index (χ0) is 24.9. The molecule has 34 heavy (non-hydrogen) atoms. The van der Waals surface area contributed by atoms with Crippen LogP contribution in [-0.2, 0) is 10.0 Å². The molecule has 0 fully saturated rings. The van der Waals surface area contributed by atoms with Gasteiger partial charge in [0.2, 0.25) is 5.75 Å². The average molecular weight is 487 g/mol. The van der Waals surface area contributed by atoms with E-state index >= 15 is 0 Å². The van der Waals surface area contributed by atoms with E-state index < -0.39 is 15.9 Å². The van der Waals surface area contributed by atoms with Crippen LogP contribution < -0.4 is 29.0 Å². The van der Waals surface area contributed by atoms with Gasteiger partial charge in [-0.25, -0.2) is 8.42 Å². The van der Waals surface area contributed by atoms with Crippen LogP contribution in [0.15, 0.2) is 59.5 Å². The molecule has 0 bridgehead atoms. The highest BCUT2D eigenvalue weighted by atomic mass is 32.2. The first kappa shape index (κ1) is 24.7. The van der Waals surface area contributed by atoms with E-state index in [2.05, 4.69) is 10.0 Å². The number of benzene rings is 3. The molecule has 3 aromatic rings. The summed E-state index contributed by atoms with van der Waals surface area (Å²) >= 11 is 0. The van der Waals surface area contributed by atoms with Gasteiger partial charge in [0.05, 0.1) is 44.6 Å². The van der Waals surface area contributed by atoms with Crippen LogP contribution in [0.1, 0.15) is 15.9 Å². The minimum atomic E-state index is -3.97. The number of amides is 1. The van der Waals surface area contributed by atoms with Crippen molar-refractivity contribution in [3.8, 4) is 23.0 Å². The Morgan fingerprint density at radius 3 is 2.12 bits per heavy atom. The molecule has 0 radical (unpaired) electrons. The second kappa shape index (κ2) is 10.3. The second-order valence-electron chi connectivity index (χ2n) is 7.12. The number of ether oxygens (including phenoxy) is 4. The van der Waals surface area contributed by atoms with Crippen LogP contribution in [0.2, 0.25) is 0 Å². The van der Waals surface area contributed by atoms with Crippen LogP contribution in [0.25, 0.3) is 0 Å². The van der Waals surface area contributed by atoms with Crippen LogP contribution in [0.3, 0.4) is 0 Å². The number of anilines is 2. The van der Waals surface area contributed by atoms with E-state index in [9.17, 15) is 13.2 Å². The monoisotopic (exact) mass is 486 g/mol. The zero-order valence-corrected chi connectivity index (χ0v) is 20.3. The van der Waals surface area contributed by atoms with Gasteiger partial charge in [0.1, 0.15) is 5.75 Å². The van der Waals surface area contributed by atoms with E-state index in [4.69, 9.17) is 18.9 Å². The van der Waals surface area contributed by atoms with Gasteiger partial charge in [0.15, 0.2) is 11.5 Å². The fourth-order valence-corrected chi connectivity index (χ4v) is 4.72. The summed E-state index contributed by atoms with van der Waals surface area (Å²) in [5, 5.41) is 2.72. The van der Waals surface area contributed by atoms with Gasteiger partial charge in [0, 0.05) is 5.69 Å². The number of hydrogen-bond donors (Lipinski definition) is 2. The fourth-order valence-electron chi connectivity index (χ4n) is 3.37. The molecule has 0 unspecified atom stereocenters. The molecule has 0 aliphatic carbocycles. The second-order valence-corrected chi connectivity index (χ2v) is 8.77. The molecule has 0 aromatic heterocycles. The summed E-state index contributed by atoms with van der Waals surface area (Å²) < 4.78 is 49.9. The fraction of sp³-hybridized carbons (Fsp3) is 0.208. The highest BCUT2D eigenvalue weighted by Crippen LogP contribution is 2.40. The minimum Gasteiger partial charge on any atom is -0.495 e. The van der Waals surface area contributed by atoms with Crippen molar-refractivity contribution in [1.29, 1.82) is 0 Å². The lowest BCUT2D eigenvalue weighted by Crippen LogP contribution is -2.17. The zero-order valence-electron chi connectivity index (χ0n) is 19.5. The lowest BCUT2D eigenvalue weighted by molar-refractivity contribution is 0.102. The Balaban J connectivity index is 1.93. The summed E-state index contributed by atoms with van der Waals surface area (Å²) in [6.45, 7) is 1.67. The van der Waals surface area contributed by atoms with Crippen LogP contribution in [0, 0.1) is 6.92 Å². The van der Waals surface area contributed by atoms with Gasteiger partial charge in [-0.05, 0) is 48.9 Å². The minimum absolute atomic E-state index is 0.00971. The third-order valence-electron chi connectivity index (χ3n) is 5.04. The molecule has 0 saturated heterocycles. The Hall–Kier alpha value is -3.92. The van der Waals surface area contributed by atoms with Gasteiger partial charge in [-0.2, -0.15) is 0 Å². The average Bonchev–Trinajstić information content (AvgIpc) is 2.83. The lowest BCUT2D eigenvalue weighted by atomic mass is 10.1. The number of carbonyl (C=O) groups excluding carboxylic acids is 1. The summed E-state index contributed by atoms with van der Waals surface area (Å²) in [4.78, 5) is 13.0. The highest BCUT2D eigenvalue weighted by Gasteiger charge is 2.23. The van der Waals surface area contributed by atoms with Gasteiger partial charge in [-0.15, -0.1) is 0 Å². The normalized spacial score (nSPS) is 10.9. The Bertz CT molecular complexity index is 1310. The number of aryl methyl sites for hydroxylation is 1. The molecule has 1 amide bonds. The number of nitrogens with one attached hydrogen (secondary N) is 2. The van der Waals surface area contributed by atoms with Crippen LogP contribution in [0.5, 0.6) is 23.0 Å². The molecule has 3 aromatic carbocycles. The molecule has 0 aliphatic rings. The van der Waals surface area contributed by atoms with Crippen LogP contribution in [0.4, 0.5) is 11.4 Å². The van der Waals surface area contributed by atoms with Crippen LogP contribution >= 0.6 is 0 Å². The maximum atomic E-state index is 13.1. The molecule has 9 nitrogen and oxygen atoms in total. The van der Waals surface area contributed by atoms with E-state index in [1.807, 2.05) is 0 Å². The summed E-state index contributed by atoms with van der Waals surface area (Å²) in [6.07, 6.45) is 0. The van der Waals surface area contributed by atoms with Crippen molar-refractivity contribution in [3.05, 3.63) is 65.7 Å². The van der Waals surface area contributed by atoms with E-state index in [1.54, 1.807) is 49.4 Å². The number of sulfonamides is 1. The molecule has 3 rings (SSSR count). The standard InChI is InChI=1S/C24H26N2O7S/c1-15-10-11-16(14-21(15)34(28,29)26-18-8-6-7-9-19(18)30-2)25-24(27)17-12-13-20(31-3)23(33-5)22(17)32-4/h6-14,26H,1-5H3,(H,25,27). The van der Waals surface area contributed by atoms with Crippen molar-refractivity contribution < 1.29 is 32.2 Å². The summed E-state index contributed by atoms with van der Waals surface area (Å²) in [7, 11) is 1.81. The van der Waals surface area contributed by atoms with E-state index in [0.29, 0.717) is 22.7 Å². The molecule has 0 saturated carbocycles. The topological polar surface area (TPSA) is 112 Å². The number of rotatable bonds is 9. The molecule has 2 N–H and O–H groups in total. The predicted octanol–water partition coefficient (Wildman–Crippen LogP) is 4.08. The van der Waals surface area contributed by atoms with Gasteiger partial charge in [-0.3, -0.25) is 9.52 Å². The third-order valence-corrected chi connectivity index (χ3v) is 6.54. The number of carbonyl (C=O) groups is 1. The van der Waals surface area contributed by atoms with Gasteiger partial charge >= 0.3 is 0 Å². The maximum Gasteiger partial charge on any atom is 0.262 e. The Morgan fingerprint density at radius 2 is 1.47 bits per heavy atom. The van der Waals surface area contributed by atoms with E-state index in [0.717, 1.165) is 0 Å². The Kier molecular flexibility index (Phi) is 7.52. The third kappa shape index (κ3) is 5.01. The van der Waals surface area contributed by atoms with Crippen molar-refractivity contribution in [2.75, 3.05) is 38.5 Å². The maximum absolute atomic E-state index is 13.1. The van der Waals surface area contributed by atoms with Crippen LogP contribution in [-0.4, -0.2) is 42.8 Å². The van der Waals surface area contributed by atoms with Crippen molar-refractivity contribution in [3.63, 3.8) is 0 Å². The molecule has 0 atom stereocenters. The molecule has 0 spiro atoms. The van der Waals surface area contributed by atoms with Crippen molar-refractivity contribution in [2.45, 2.75) is 11.8 Å². The first-order valence-corrected chi connectivity index (χ1v) is 11.6. The Labute approximate surface area is 198 Å². The lowest BCUT2D eigenvalue weighted by Gasteiger charge is -2.16. The highest BCUT2D eigenvalue weighted by molar-refractivity contribution is 7.92. The number of para-hydroxylation sites is 2. The summed E-state index contributed by atoms with van der Waals surface area (Å²) in [6, 6.07) is 14.4. The smallest absolute Gasteiger partial charge is 0.262 e. The predicted molar refractivity (Wildman–Crippen MR) is 129 cm³/mol. The summed E-state index contributed by atoms with van der Waals surface area (Å²) in [5.41, 5.74) is 1.28.